The van der Waals surface area contributed by atoms with E-state index in [1.165, 1.54) is 0 Å². The number of nitrogens with zero attached hydrogens (tertiary/aromatic N) is 3. The van der Waals surface area contributed by atoms with Gasteiger partial charge in [0.2, 0.25) is 5.95 Å². The predicted octanol–water partition coefficient (Wildman–Crippen LogP) is 2.72. The molecule has 1 atom stereocenters. The average molecular weight is 272 g/mol. The van der Waals surface area contributed by atoms with Gasteiger partial charge in [-0.3, -0.25) is 0 Å². The van der Waals surface area contributed by atoms with Crippen LogP contribution in [0.15, 0.2) is 18.2 Å². The lowest BCUT2D eigenvalue weighted by Crippen LogP contribution is -2.22. The van der Waals surface area contributed by atoms with Gasteiger partial charge in [0.15, 0.2) is 0 Å². The van der Waals surface area contributed by atoms with Crippen LogP contribution in [0.4, 0.5) is 5.95 Å². The van der Waals surface area contributed by atoms with Gasteiger partial charge in [-0.15, -0.1) is 0 Å². The third-order valence-electron chi connectivity index (χ3n) is 3.46. The Morgan fingerprint density at radius 2 is 2.20 bits per heavy atom. The molecule has 2 N–H and O–H groups in total. The number of hydrogen-bond donors (Lipinski definition) is 1. The number of ether oxygens (including phenoxy) is 1. The topological polar surface area (TPSA) is 76.9 Å². The molecule has 5 heteroatoms. The van der Waals surface area contributed by atoms with Gasteiger partial charge in [0, 0.05) is 6.61 Å². The maximum absolute atomic E-state index is 9.16. The van der Waals surface area contributed by atoms with E-state index in [9.17, 15) is 0 Å². The molecule has 5 nitrogen and oxygen atoms in total. The van der Waals surface area contributed by atoms with E-state index in [1.807, 2.05) is 23.6 Å². The number of hydrogen-bond acceptors (Lipinski definition) is 4. The SMILES string of the molecule is CCOCC(C(C)C)n1c(N)nc2c(C#N)cccc21. The second kappa shape index (κ2) is 5.93. The zero-order valence-corrected chi connectivity index (χ0v) is 12.1. The van der Waals surface area contributed by atoms with Crippen molar-refractivity contribution in [3.63, 3.8) is 0 Å². The van der Waals surface area contributed by atoms with Gasteiger partial charge in [-0.1, -0.05) is 19.9 Å². The van der Waals surface area contributed by atoms with Crippen LogP contribution in [0.5, 0.6) is 0 Å². The van der Waals surface area contributed by atoms with Gasteiger partial charge in [0.05, 0.1) is 23.7 Å². The minimum Gasteiger partial charge on any atom is -0.380 e. The molecule has 0 fully saturated rings. The molecule has 0 aliphatic carbocycles. The van der Waals surface area contributed by atoms with Gasteiger partial charge >= 0.3 is 0 Å². The van der Waals surface area contributed by atoms with Crippen molar-refractivity contribution >= 4 is 17.0 Å². The van der Waals surface area contributed by atoms with Gasteiger partial charge < -0.3 is 15.0 Å². The Balaban J connectivity index is 2.57. The Kier molecular flexibility index (Phi) is 4.26. The lowest BCUT2D eigenvalue weighted by Gasteiger charge is -2.24. The molecule has 0 aliphatic rings. The number of nitrogens with two attached hydrogens (primary N) is 1. The molecule has 0 radical (unpaired) electrons. The lowest BCUT2D eigenvalue weighted by atomic mass is 10.0. The fourth-order valence-corrected chi connectivity index (χ4v) is 2.38. The van der Waals surface area contributed by atoms with Gasteiger partial charge in [0.25, 0.3) is 0 Å². The number of anilines is 1. The van der Waals surface area contributed by atoms with E-state index in [2.05, 4.69) is 24.9 Å². The quantitative estimate of drug-likeness (QED) is 0.907. The van der Waals surface area contributed by atoms with Crippen LogP contribution in [-0.2, 0) is 4.74 Å². The van der Waals surface area contributed by atoms with Crippen molar-refractivity contribution in [3.8, 4) is 6.07 Å². The van der Waals surface area contributed by atoms with E-state index in [0.29, 0.717) is 36.2 Å². The van der Waals surface area contributed by atoms with E-state index in [0.717, 1.165) is 5.52 Å². The first-order valence-corrected chi connectivity index (χ1v) is 6.84. The number of rotatable bonds is 5. The minimum absolute atomic E-state index is 0.105. The summed E-state index contributed by atoms with van der Waals surface area (Å²) >= 11 is 0. The van der Waals surface area contributed by atoms with Crippen LogP contribution in [0.25, 0.3) is 11.0 Å². The molecule has 0 aliphatic heterocycles. The average Bonchev–Trinajstić information content (AvgIpc) is 2.75. The molecule has 1 heterocycles. The smallest absolute Gasteiger partial charge is 0.201 e. The second-order valence-corrected chi connectivity index (χ2v) is 5.10. The summed E-state index contributed by atoms with van der Waals surface area (Å²) in [4.78, 5) is 4.36. The minimum atomic E-state index is 0.105. The fraction of sp³-hybridized carbons (Fsp3) is 0.467. The van der Waals surface area contributed by atoms with Crippen molar-refractivity contribution < 1.29 is 4.74 Å². The van der Waals surface area contributed by atoms with E-state index in [-0.39, 0.29) is 6.04 Å². The first kappa shape index (κ1) is 14.4. The molecular weight excluding hydrogens is 252 g/mol. The van der Waals surface area contributed by atoms with Gasteiger partial charge in [-0.05, 0) is 25.0 Å². The predicted molar refractivity (Wildman–Crippen MR) is 79.2 cm³/mol. The van der Waals surface area contributed by atoms with Crippen molar-refractivity contribution in [2.75, 3.05) is 18.9 Å². The summed E-state index contributed by atoms with van der Waals surface area (Å²) in [5, 5.41) is 9.16. The highest BCUT2D eigenvalue weighted by atomic mass is 16.5. The van der Waals surface area contributed by atoms with E-state index >= 15 is 0 Å². The highest BCUT2D eigenvalue weighted by Gasteiger charge is 2.22. The fourth-order valence-electron chi connectivity index (χ4n) is 2.38. The molecule has 1 aromatic heterocycles. The Morgan fingerprint density at radius 1 is 1.45 bits per heavy atom. The summed E-state index contributed by atoms with van der Waals surface area (Å²) in [5.74, 6) is 0.785. The lowest BCUT2D eigenvalue weighted by molar-refractivity contribution is 0.0987. The summed E-state index contributed by atoms with van der Waals surface area (Å²) < 4.78 is 7.55. The number of nitrogen functional groups attached to an aromatic ring is 1. The Hall–Kier alpha value is -2.06. The molecule has 0 saturated carbocycles. The first-order chi connectivity index (χ1) is 9.60. The van der Waals surface area contributed by atoms with Crippen LogP contribution in [0.1, 0.15) is 32.4 Å². The van der Waals surface area contributed by atoms with Crippen LogP contribution >= 0.6 is 0 Å². The van der Waals surface area contributed by atoms with E-state index in [1.54, 1.807) is 6.07 Å². The van der Waals surface area contributed by atoms with E-state index in [4.69, 9.17) is 15.7 Å². The Morgan fingerprint density at radius 3 is 2.80 bits per heavy atom. The molecule has 20 heavy (non-hydrogen) atoms. The maximum Gasteiger partial charge on any atom is 0.201 e. The molecule has 1 aromatic carbocycles. The summed E-state index contributed by atoms with van der Waals surface area (Å²) in [6.45, 7) is 7.48. The van der Waals surface area contributed by atoms with Gasteiger partial charge in [-0.2, -0.15) is 5.26 Å². The Bertz CT molecular complexity index is 639. The maximum atomic E-state index is 9.16. The number of nitriles is 1. The van der Waals surface area contributed by atoms with Crippen LogP contribution in [0, 0.1) is 17.2 Å². The monoisotopic (exact) mass is 272 g/mol. The van der Waals surface area contributed by atoms with Crippen molar-refractivity contribution in [1.29, 1.82) is 5.26 Å². The number of fused-ring (bicyclic) bond motifs is 1. The zero-order valence-electron chi connectivity index (χ0n) is 12.1. The molecular formula is C15H20N4O. The summed E-state index contributed by atoms with van der Waals surface area (Å²) in [6, 6.07) is 7.82. The van der Waals surface area contributed by atoms with Gasteiger partial charge in [0.1, 0.15) is 11.6 Å². The molecule has 0 saturated heterocycles. The molecule has 2 aromatic rings. The van der Waals surface area contributed by atoms with Crippen molar-refractivity contribution in [1.82, 2.24) is 9.55 Å². The first-order valence-electron chi connectivity index (χ1n) is 6.84. The van der Waals surface area contributed by atoms with Crippen molar-refractivity contribution in [2.45, 2.75) is 26.8 Å². The molecule has 2 rings (SSSR count). The third kappa shape index (κ3) is 2.47. The van der Waals surface area contributed by atoms with Crippen molar-refractivity contribution in [2.24, 2.45) is 5.92 Å². The molecule has 0 spiro atoms. The van der Waals surface area contributed by atoms with Gasteiger partial charge in [-0.25, -0.2) is 4.98 Å². The van der Waals surface area contributed by atoms with Crippen LogP contribution in [-0.4, -0.2) is 22.8 Å². The summed E-state index contributed by atoms with van der Waals surface area (Å²) in [7, 11) is 0. The number of aromatic nitrogens is 2. The molecule has 0 bridgehead atoms. The highest BCUT2D eigenvalue weighted by molar-refractivity contribution is 5.84. The molecule has 1 unspecified atom stereocenters. The van der Waals surface area contributed by atoms with Crippen LogP contribution < -0.4 is 5.73 Å². The molecule has 0 amide bonds. The normalized spacial score (nSPS) is 12.8. The van der Waals surface area contributed by atoms with Crippen molar-refractivity contribution in [3.05, 3.63) is 23.8 Å². The highest BCUT2D eigenvalue weighted by Crippen LogP contribution is 2.29. The second-order valence-electron chi connectivity index (χ2n) is 5.10. The van der Waals surface area contributed by atoms with Crippen LogP contribution in [0.3, 0.4) is 0 Å². The summed E-state index contributed by atoms with van der Waals surface area (Å²) in [5.41, 5.74) is 8.17. The Labute approximate surface area is 119 Å². The molecule has 106 valence electrons. The summed E-state index contributed by atoms with van der Waals surface area (Å²) in [6.07, 6.45) is 0. The standard InChI is InChI=1S/C15H20N4O/c1-4-20-9-13(10(2)3)19-12-7-5-6-11(8-16)14(12)18-15(19)17/h5-7,10,13H,4,9H2,1-3H3,(H2,17,18). The zero-order chi connectivity index (χ0) is 14.7. The van der Waals surface area contributed by atoms with Crippen LogP contribution in [0.2, 0.25) is 0 Å². The number of imidazole rings is 1. The number of para-hydroxylation sites is 1. The largest absolute Gasteiger partial charge is 0.380 e. The van der Waals surface area contributed by atoms with E-state index < -0.39 is 0 Å². The number of benzene rings is 1. The third-order valence-corrected chi connectivity index (χ3v) is 3.46.